The van der Waals surface area contributed by atoms with Gasteiger partial charge in [-0.3, -0.25) is 15.1 Å². The number of nitro groups is 1. The molecule has 2 aromatic rings. The average molecular weight is 275 g/mol. The first-order valence-electron chi connectivity index (χ1n) is 5.61. The van der Waals surface area contributed by atoms with Crippen LogP contribution in [0.25, 0.3) is 0 Å². The van der Waals surface area contributed by atoms with Crippen LogP contribution in [0.2, 0.25) is 5.02 Å². The second-order valence-corrected chi connectivity index (χ2v) is 4.46. The minimum atomic E-state index is -0.459. The van der Waals surface area contributed by atoms with Crippen molar-refractivity contribution in [2.45, 2.75) is 6.92 Å². The van der Waals surface area contributed by atoms with E-state index in [4.69, 9.17) is 11.6 Å². The van der Waals surface area contributed by atoms with Crippen LogP contribution in [-0.2, 0) is 0 Å². The Bertz CT molecular complexity index is 636. The van der Waals surface area contributed by atoms with E-state index >= 15 is 0 Å². The third kappa shape index (κ3) is 3.39. The molecule has 0 saturated carbocycles. The fourth-order valence-electron chi connectivity index (χ4n) is 1.52. The van der Waals surface area contributed by atoms with Gasteiger partial charge in [-0.25, -0.2) is 0 Å². The number of hydrogen-bond acceptors (Lipinski definition) is 3. The summed E-state index contributed by atoms with van der Waals surface area (Å²) in [5, 5.41) is 11.1. The van der Waals surface area contributed by atoms with Gasteiger partial charge in [-0.15, -0.1) is 0 Å². The Kier molecular flexibility index (Phi) is 3.92. The fraction of sp³-hybridized carbons (Fsp3) is 0.0714. The van der Waals surface area contributed by atoms with Crippen LogP contribution in [0.5, 0.6) is 0 Å². The van der Waals surface area contributed by atoms with E-state index in [9.17, 15) is 10.1 Å². The lowest BCUT2D eigenvalue weighted by Gasteiger charge is -1.98. The Morgan fingerprint density at radius 3 is 2.53 bits per heavy atom. The maximum atomic E-state index is 10.7. The normalized spacial score (nSPS) is 10.8. The summed E-state index contributed by atoms with van der Waals surface area (Å²) in [6.07, 6.45) is 1.53. The largest absolute Gasteiger partial charge is 0.270 e. The lowest BCUT2D eigenvalue weighted by atomic mass is 10.2. The van der Waals surface area contributed by atoms with Gasteiger partial charge in [-0.1, -0.05) is 29.3 Å². The Morgan fingerprint density at radius 2 is 1.89 bits per heavy atom. The molecule has 0 aliphatic rings. The van der Waals surface area contributed by atoms with Gasteiger partial charge >= 0.3 is 0 Å². The van der Waals surface area contributed by atoms with E-state index in [-0.39, 0.29) is 5.69 Å². The zero-order valence-corrected chi connectivity index (χ0v) is 11.0. The number of rotatable bonds is 3. The molecule has 0 amide bonds. The van der Waals surface area contributed by atoms with Crippen molar-refractivity contribution >= 4 is 29.2 Å². The molecule has 0 N–H and O–H groups in total. The minimum Gasteiger partial charge on any atom is -0.258 e. The molecule has 0 spiro atoms. The number of benzene rings is 2. The lowest BCUT2D eigenvalue weighted by molar-refractivity contribution is -0.384. The topological polar surface area (TPSA) is 55.5 Å². The molecule has 0 atom stereocenters. The maximum absolute atomic E-state index is 10.7. The SMILES string of the molecule is Cc1ccc(N=Cc2cc([N+](=O)[O-])ccc2Cl)cc1. The summed E-state index contributed by atoms with van der Waals surface area (Å²) >= 11 is 5.98. The van der Waals surface area contributed by atoms with Crippen LogP contribution in [0.1, 0.15) is 11.1 Å². The smallest absolute Gasteiger partial charge is 0.258 e. The fourth-order valence-corrected chi connectivity index (χ4v) is 1.68. The highest BCUT2D eigenvalue weighted by atomic mass is 35.5. The van der Waals surface area contributed by atoms with Crippen LogP contribution >= 0.6 is 11.6 Å². The van der Waals surface area contributed by atoms with Crippen LogP contribution in [0.3, 0.4) is 0 Å². The molecule has 19 heavy (non-hydrogen) atoms. The van der Waals surface area contributed by atoms with Gasteiger partial charge in [0.1, 0.15) is 0 Å². The van der Waals surface area contributed by atoms with Crippen molar-refractivity contribution in [1.29, 1.82) is 0 Å². The van der Waals surface area contributed by atoms with Crippen molar-refractivity contribution in [3.05, 3.63) is 68.7 Å². The minimum absolute atomic E-state index is 0.00486. The predicted molar refractivity (Wildman–Crippen MR) is 76.5 cm³/mol. The molecular weight excluding hydrogens is 264 g/mol. The van der Waals surface area contributed by atoms with Crippen molar-refractivity contribution in [2.24, 2.45) is 4.99 Å². The monoisotopic (exact) mass is 274 g/mol. The molecule has 0 fully saturated rings. The van der Waals surface area contributed by atoms with Crippen molar-refractivity contribution in [2.75, 3.05) is 0 Å². The zero-order valence-electron chi connectivity index (χ0n) is 10.2. The Labute approximate surface area is 115 Å². The molecule has 2 rings (SSSR count). The molecule has 4 nitrogen and oxygen atoms in total. The number of hydrogen-bond donors (Lipinski definition) is 0. The predicted octanol–water partition coefficient (Wildman–Crippen LogP) is 4.31. The van der Waals surface area contributed by atoms with Gasteiger partial charge in [0.2, 0.25) is 0 Å². The second kappa shape index (κ2) is 5.63. The van der Waals surface area contributed by atoms with E-state index in [1.807, 2.05) is 31.2 Å². The summed E-state index contributed by atoms with van der Waals surface area (Å²) in [5.74, 6) is 0. The van der Waals surface area contributed by atoms with Gasteiger partial charge < -0.3 is 0 Å². The molecule has 0 aliphatic heterocycles. The molecule has 0 saturated heterocycles. The highest BCUT2D eigenvalue weighted by Gasteiger charge is 2.08. The third-order valence-electron chi connectivity index (χ3n) is 2.58. The van der Waals surface area contributed by atoms with Crippen LogP contribution in [0, 0.1) is 17.0 Å². The Hall–Kier alpha value is -2.20. The highest BCUT2D eigenvalue weighted by molar-refractivity contribution is 6.33. The second-order valence-electron chi connectivity index (χ2n) is 4.06. The summed E-state index contributed by atoms with van der Waals surface area (Å²) in [5.41, 5.74) is 2.44. The van der Waals surface area contributed by atoms with Crippen LogP contribution in [-0.4, -0.2) is 11.1 Å². The van der Waals surface area contributed by atoms with Gasteiger partial charge in [-0.2, -0.15) is 0 Å². The molecule has 0 heterocycles. The van der Waals surface area contributed by atoms with Gasteiger partial charge in [0.25, 0.3) is 5.69 Å². The highest BCUT2D eigenvalue weighted by Crippen LogP contribution is 2.21. The molecule has 2 aromatic carbocycles. The van der Waals surface area contributed by atoms with E-state index in [0.717, 1.165) is 11.3 Å². The van der Waals surface area contributed by atoms with Crippen molar-refractivity contribution in [3.8, 4) is 0 Å². The summed E-state index contributed by atoms with van der Waals surface area (Å²) < 4.78 is 0. The van der Waals surface area contributed by atoms with Crippen LogP contribution in [0.4, 0.5) is 11.4 Å². The maximum Gasteiger partial charge on any atom is 0.270 e. The molecular formula is C14H11ClN2O2. The van der Waals surface area contributed by atoms with Gasteiger partial charge in [0.15, 0.2) is 0 Å². The van der Waals surface area contributed by atoms with Crippen molar-refractivity contribution in [1.82, 2.24) is 0 Å². The molecule has 0 aliphatic carbocycles. The number of nitrogens with zero attached hydrogens (tertiary/aromatic N) is 2. The Morgan fingerprint density at radius 1 is 1.21 bits per heavy atom. The summed E-state index contributed by atoms with van der Waals surface area (Å²) in [6, 6.07) is 11.9. The summed E-state index contributed by atoms with van der Waals surface area (Å²) in [4.78, 5) is 14.5. The van der Waals surface area contributed by atoms with Crippen LogP contribution in [0.15, 0.2) is 47.5 Å². The van der Waals surface area contributed by atoms with Gasteiger partial charge in [-0.05, 0) is 25.1 Å². The van der Waals surface area contributed by atoms with Gasteiger partial charge in [0.05, 0.1) is 10.6 Å². The van der Waals surface area contributed by atoms with Crippen molar-refractivity contribution in [3.63, 3.8) is 0 Å². The first kappa shape index (κ1) is 13.2. The molecule has 0 radical (unpaired) electrons. The Balaban J connectivity index is 2.29. The zero-order chi connectivity index (χ0) is 13.8. The number of aliphatic imine (C=N–C) groups is 1. The number of aryl methyl sites for hydroxylation is 1. The number of nitro benzene ring substituents is 1. The lowest BCUT2D eigenvalue weighted by Crippen LogP contribution is -1.90. The first-order chi connectivity index (χ1) is 9.06. The molecule has 0 bridgehead atoms. The average Bonchev–Trinajstić information content (AvgIpc) is 2.39. The first-order valence-corrected chi connectivity index (χ1v) is 5.99. The molecule has 0 unspecified atom stereocenters. The van der Waals surface area contributed by atoms with Gasteiger partial charge in [0, 0.05) is 28.9 Å². The van der Waals surface area contributed by atoms with Crippen LogP contribution < -0.4 is 0 Å². The molecule has 96 valence electrons. The number of halogens is 1. The van der Waals surface area contributed by atoms with E-state index in [2.05, 4.69) is 4.99 Å². The van der Waals surface area contributed by atoms with E-state index in [0.29, 0.717) is 10.6 Å². The summed E-state index contributed by atoms with van der Waals surface area (Å²) in [6.45, 7) is 1.99. The van der Waals surface area contributed by atoms with E-state index in [1.54, 1.807) is 0 Å². The molecule has 5 heteroatoms. The number of non-ortho nitro benzene ring substituents is 1. The standard InChI is InChI=1S/C14H11ClN2O2/c1-10-2-4-12(5-3-10)16-9-11-8-13(17(18)19)6-7-14(11)15/h2-9H,1H3. The molecule has 0 aromatic heterocycles. The van der Waals surface area contributed by atoms with Crippen molar-refractivity contribution < 1.29 is 4.92 Å². The third-order valence-corrected chi connectivity index (χ3v) is 2.92. The van der Waals surface area contributed by atoms with E-state index < -0.39 is 4.92 Å². The quantitative estimate of drug-likeness (QED) is 0.476. The summed E-state index contributed by atoms with van der Waals surface area (Å²) in [7, 11) is 0. The van der Waals surface area contributed by atoms with E-state index in [1.165, 1.54) is 24.4 Å².